The van der Waals surface area contributed by atoms with Gasteiger partial charge in [-0.25, -0.2) is 0 Å². The fraction of sp³-hybridized carbons (Fsp3) is 0.800. The highest BCUT2D eigenvalue weighted by atomic mass is 35.5. The molecule has 0 aromatic heterocycles. The number of hydrogen-bond donors (Lipinski definition) is 0. The fourth-order valence-corrected chi connectivity index (χ4v) is 0.384. The minimum absolute atomic E-state index is 0.455. The van der Waals surface area contributed by atoms with E-state index in [1.807, 2.05) is 6.07 Å². The van der Waals surface area contributed by atoms with E-state index in [9.17, 15) is 0 Å². The predicted molar refractivity (Wildman–Crippen MR) is 31.8 cm³/mol. The Balaban J connectivity index is 2.65. The Hall–Kier alpha value is -0.260. The standard InChI is InChI=1S/C5H8ClNO/c6-2-5-8-4-1-3-7/h1-2,4-5H2. The van der Waals surface area contributed by atoms with Crippen LogP contribution in [0.4, 0.5) is 0 Å². The molecule has 0 saturated carbocycles. The Morgan fingerprint density at radius 2 is 2.25 bits per heavy atom. The highest BCUT2D eigenvalue weighted by molar-refractivity contribution is 6.17. The van der Waals surface area contributed by atoms with E-state index in [0.717, 1.165) is 0 Å². The Morgan fingerprint density at radius 1 is 1.50 bits per heavy atom. The normalized spacial score (nSPS) is 8.50. The fourth-order valence-electron chi connectivity index (χ4n) is 0.274. The van der Waals surface area contributed by atoms with Gasteiger partial charge in [0.25, 0.3) is 0 Å². The molecule has 0 aliphatic rings. The molecule has 0 aromatic carbocycles. The summed E-state index contributed by atoms with van der Waals surface area (Å²) in [5, 5.41) is 8.00. The Bertz CT molecular complexity index is 79.0. The molecule has 0 aromatic rings. The zero-order valence-electron chi connectivity index (χ0n) is 4.56. The van der Waals surface area contributed by atoms with E-state index in [-0.39, 0.29) is 0 Å². The Kier molecular flexibility index (Phi) is 6.52. The van der Waals surface area contributed by atoms with Crippen LogP contribution >= 0.6 is 11.6 Å². The van der Waals surface area contributed by atoms with Crippen molar-refractivity contribution in [2.24, 2.45) is 0 Å². The molecule has 0 rings (SSSR count). The summed E-state index contributed by atoms with van der Waals surface area (Å²) in [6.45, 7) is 1.05. The largest absolute Gasteiger partial charge is 0.379 e. The first kappa shape index (κ1) is 7.74. The number of halogens is 1. The van der Waals surface area contributed by atoms with Crippen LogP contribution in [0.15, 0.2) is 0 Å². The number of rotatable bonds is 4. The number of alkyl halides is 1. The highest BCUT2D eigenvalue weighted by Crippen LogP contribution is 1.81. The molecular weight excluding hydrogens is 126 g/mol. The van der Waals surface area contributed by atoms with Crippen molar-refractivity contribution in [1.82, 2.24) is 0 Å². The Labute approximate surface area is 54.0 Å². The van der Waals surface area contributed by atoms with Gasteiger partial charge in [-0.1, -0.05) is 0 Å². The maximum absolute atomic E-state index is 8.00. The minimum Gasteiger partial charge on any atom is -0.379 e. The van der Waals surface area contributed by atoms with Crippen molar-refractivity contribution >= 4 is 11.6 Å². The quantitative estimate of drug-likeness (QED) is 0.426. The van der Waals surface area contributed by atoms with E-state index in [4.69, 9.17) is 21.6 Å². The molecule has 0 spiro atoms. The summed E-state index contributed by atoms with van der Waals surface area (Å²) in [5.74, 6) is 0.505. The van der Waals surface area contributed by atoms with Crippen molar-refractivity contribution in [2.75, 3.05) is 19.1 Å². The third-order valence-corrected chi connectivity index (χ3v) is 0.734. The van der Waals surface area contributed by atoms with Gasteiger partial charge in [0.15, 0.2) is 0 Å². The number of nitrogens with zero attached hydrogens (tertiary/aromatic N) is 1. The van der Waals surface area contributed by atoms with Gasteiger partial charge in [-0.2, -0.15) is 5.26 Å². The zero-order chi connectivity index (χ0) is 6.24. The minimum atomic E-state index is 0.455. The number of nitriles is 1. The molecule has 0 N–H and O–H groups in total. The molecule has 0 saturated heterocycles. The van der Waals surface area contributed by atoms with Gasteiger partial charge in [0, 0.05) is 5.88 Å². The van der Waals surface area contributed by atoms with Crippen molar-refractivity contribution in [1.29, 1.82) is 5.26 Å². The van der Waals surface area contributed by atoms with Gasteiger partial charge in [-0.3, -0.25) is 0 Å². The lowest BCUT2D eigenvalue weighted by Gasteiger charge is -1.93. The summed E-state index contributed by atoms with van der Waals surface area (Å²) in [7, 11) is 0. The third kappa shape index (κ3) is 5.74. The van der Waals surface area contributed by atoms with Crippen LogP contribution in [0.5, 0.6) is 0 Å². The molecule has 0 unspecified atom stereocenters. The van der Waals surface area contributed by atoms with Crippen LogP contribution in [0, 0.1) is 11.3 Å². The topological polar surface area (TPSA) is 33.0 Å². The van der Waals surface area contributed by atoms with E-state index in [1.54, 1.807) is 0 Å². The van der Waals surface area contributed by atoms with Crippen LogP contribution in [0.2, 0.25) is 0 Å². The van der Waals surface area contributed by atoms with Gasteiger partial charge in [-0.15, -0.1) is 11.6 Å². The number of hydrogen-bond acceptors (Lipinski definition) is 2. The van der Waals surface area contributed by atoms with Gasteiger partial charge in [0.1, 0.15) is 0 Å². The molecule has 0 radical (unpaired) electrons. The molecule has 2 nitrogen and oxygen atoms in total. The van der Waals surface area contributed by atoms with Gasteiger partial charge < -0.3 is 4.74 Å². The number of ether oxygens (including phenoxy) is 1. The summed E-state index contributed by atoms with van der Waals surface area (Å²) >= 11 is 5.27. The monoisotopic (exact) mass is 133 g/mol. The lowest BCUT2D eigenvalue weighted by atomic mass is 10.5. The SMILES string of the molecule is N#CCCOCCCl. The second-order valence-electron chi connectivity index (χ2n) is 1.21. The van der Waals surface area contributed by atoms with Gasteiger partial charge in [0.05, 0.1) is 25.7 Å². The molecule has 0 atom stereocenters. The highest BCUT2D eigenvalue weighted by Gasteiger charge is 1.82. The lowest BCUT2D eigenvalue weighted by Crippen LogP contribution is -1.95. The average Bonchev–Trinajstić information content (AvgIpc) is 1.81. The van der Waals surface area contributed by atoms with Crippen LogP contribution in [-0.4, -0.2) is 19.1 Å². The zero-order valence-corrected chi connectivity index (χ0v) is 5.32. The van der Waals surface area contributed by atoms with Crippen LogP contribution in [0.3, 0.4) is 0 Å². The van der Waals surface area contributed by atoms with Gasteiger partial charge in [0.2, 0.25) is 0 Å². The molecule has 3 heteroatoms. The molecule has 0 amide bonds. The van der Waals surface area contributed by atoms with Crippen molar-refractivity contribution < 1.29 is 4.74 Å². The van der Waals surface area contributed by atoms with Crippen LogP contribution in [-0.2, 0) is 4.74 Å². The summed E-state index contributed by atoms with van der Waals surface area (Å²) in [6, 6.07) is 1.96. The second-order valence-corrected chi connectivity index (χ2v) is 1.59. The first-order valence-corrected chi connectivity index (χ1v) is 2.96. The average molecular weight is 134 g/mol. The molecule has 0 bridgehead atoms. The van der Waals surface area contributed by atoms with Crippen LogP contribution in [0.1, 0.15) is 6.42 Å². The Morgan fingerprint density at radius 3 is 2.75 bits per heavy atom. The van der Waals surface area contributed by atoms with Crippen molar-refractivity contribution in [3.63, 3.8) is 0 Å². The van der Waals surface area contributed by atoms with Crippen LogP contribution in [0.25, 0.3) is 0 Å². The predicted octanol–water partition coefficient (Wildman–Crippen LogP) is 1.16. The van der Waals surface area contributed by atoms with Crippen molar-refractivity contribution in [3.8, 4) is 6.07 Å². The van der Waals surface area contributed by atoms with Gasteiger partial charge >= 0.3 is 0 Å². The van der Waals surface area contributed by atoms with E-state index in [1.165, 1.54) is 0 Å². The molecule has 0 fully saturated rings. The summed E-state index contributed by atoms with van der Waals surface area (Å²) in [4.78, 5) is 0. The first-order valence-electron chi connectivity index (χ1n) is 2.42. The molecule has 0 aliphatic carbocycles. The van der Waals surface area contributed by atoms with Crippen molar-refractivity contribution in [2.45, 2.75) is 6.42 Å². The second kappa shape index (κ2) is 6.74. The van der Waals surface area contributed by atoms with Crippen molar-refractivity contribution in [3.05, 3.63) is 0 Å². The van der Waals surface area contributed by atoms with E-state index in [0.29, 0.717) is 25.5 Å². The van der Waals surface area contributed by atoms with Gasteiger partial charge in [-0.05, 0) is 0 Å². The smallest absolute Gasteiger partial charge is 0.0645 e. The summed E-state index contributed by atoms with van der Waals surface area (Å²) in [5.41, 5.74) is 0. The third-order valence-electron chi connectivity index (χ3n) is 0.580. The van der Waals surface area contributed by atoms with Crippen LogP contribution < -0.4 is 0 Å². The maximum Gasteiger partial charge on any atom is 0.0645 e. The lowest BCUT2D eigenvalue weighted by molar-refractivity contribution is 0.155. The van der Waals surface area contributed by atoms with E-state index in [2.05, 4.69) is 0 Å². The molecule has 8 heavy (non-hydrogen) atoms. The molecule has 46 valence electrons. The van der Waals surface area contributed by atoms with E-state index >= 15 is 0 Å². The molecule has 0 aliphatic heterocycles. The molecular formula is C5H8ClNO. The maximum atomic E-state index is 8.00. The van der Waals surface area contributed by atoms with E-state index < -0.39 is 0 Å². The molecule has 0 heterocycles. The first-order chi connectivity index (χ1) is 3.91. The summed E-state index contributed by atoms with van der Waals surface area (Å²) in [6.07, 6.45) is 0.455. The summed E-state index contributed by atoms with van der Waals surface area (Å²) < 4.78 is 4.87.